The second kappa shape index (κ2) is 6.75. The molecule has 1 fully saturated rings. The van der Waals surface area contributed by atoms with Crippen LogP contribution in [0.25, 0.3) is 0 Å². The first-order valence-corrected chi connectivity index (χ1v) is 7.79. The van der Waals surface area contributed by atoms with E-state index in [9.17, 15) is 0 Å². The van der Waals surface area contributed by atoms with E-state index in [-0.39, 0.29) is 6.04 Å². The molecule has 1 unspecified atom stereocenters. The highest BCUT2D eigenvalue weighted by Gasteiger charge is 2.25. The van der Waals surface area contributed by atoms with Crippen LogP contribution in [0.1, 0.15) is 17.2 Å². The van der Waals surface area contributed by atoms with E-state index >= 15 is 0 Å². The lowest BCUT2D eigenvalue weighted by Gasteiger charge is -2.37. The second-order valence-electron chi connectivity index (χ2n) is 5.18. The molecule has 3 nitrogen and oxygen atoms in total. The minimum atomic E-state index is 0.261. The Kier molecular flexibility index (Phi) is 4.76. The number of nitrogens with zero attached hydrogens (tertiary/aromatic N) is 2. The first-order valence-electron chi connectivity index (χ1n) is 7.03. The maximum Gasteiger partial charge on any atom is 0.0634 e. The molecule has 110 valence electrons. The fraction of sp³-hybridized carbons (Fsp3) is 0.312. The van der Waals surface area contributed by atoms with Crippen LogP contribution in [-0.2, 0) is 6.54 Å². The molecule has 1 saturated heterocycles. The van der Waals surface area contributed by atoms with Gasteiger partial charge in [-0.3, -0.25) is 9.88 Å². The maximum absolute atomic E-state index is 6.37. The molecule has 0 radical (unpaired) electrons. The number of hydrogen-bond donors (Lipinski definition) is 1. The molecule has 1 aromatic heterocycles. The third-order valence-electron chi connectivity index (χ3n) is 3.85. The summed E-state index contributed by atoms with van der Waals surface area (Å²) in [6.07, 6.45) is 3.48. The van der Waals surface area contributed by atoms with Crippen LogP contribution in [0.5, 0.6) is 0 Å². The highest BCUT2D eigenvalue weighted by molar-refractivity contribution is 6.31. The molecule has 2 aromatic rings. The van der Waals surface area contributed by atoms with Gasteiger partial charge in [0.1, 0.15) is 0 Å². The van der Waals surface area contributed by atoms with Crippen LogP contribution in [-0.4, -0.2) is 29.5 Å². The van der Waals surface area contributed by atoms with Crippen molar-refractivity contribution in [3.63, 3.8) is 0 Å². The van der Waals surface area contributed by atoms with E-state index in [1.54, 1.807) is 12.4 Å². The van der Waals surface area contributed by atoms with Crippen molar-refractivity contribution in [1.82, 2.24) is 15.2 Å². The number of nitrogens with one attached hydrogen (secondary N) is 1. The zero-order valence-electron chi connectivity index (χ0n) is 11.6. The average molecular weight is 322 g/mol. The van der Waals surface area contributed by atoms with Crippen LogP contribution in [0.15, 0.2) is 42.7 Å². The summed E-state index contributed by atoms with van der Waals surface area (Å²) >= 11 is 12.6. The van der Waals surface area contributed by atoms with Crippen molar-refractivity contribution in [2.75, 3.05) is 19.6 Å². The quantitative estimate of drug-likeness (QED) is 0.937. The van der Waals surface area contributed by atoms with Gasteiger partial charge in [0.2, 0.25) is 0 Å². The Morgan fingerprint density at radius 1 is 1.19 bits per heavy atom. The van der Waals surface area contributed by atoms with Crippen molar-refractivity contribution < 1.29 is 0 Å². The van der Waals surface area contributed by atoms with Gasteiger partial charge in [0.05, 0.1) is 5.02 Å². The number of rotatable bonds is 3. The van der Waals surface area contributed by atoms with E-state index in [0.29, 0.717) is 5.02 Å². The summed E-state index contributed by atoms with van der Waals surface area (Å²) in [5, 5.41) is 4.98. The van der Waals surface area contributed by atoms with Gasteiger partial charge in [-0.15, -0.1) is 0 Å². The lowest BCUT2D eigenvalue weighted by Crippen LogP contribution is -2.45. The van der Waals surface area contributed by atoms with Gasteiger partial charge in [0, 0.05) is 49.6 Å². The molecule has 0 aliphatic carbocycles. The zero-order chi connectivity index (χ0) is 14.7. The summed E-state index contributed by atoms with van der Waals surface area (Å²) in [5.74, 6) is 0. The van der Waals surface area contributed by atoms with Gasteiger partial charge in [-0.1, -0.05) is 41.4 Å². The highest BCUT2D eigenvalue weighted by atomic mass is 35.5. The molecule has 0 saturated carbocycles. The van der Waals surface area contributed by atoms with Crippen LogP contribution < -0.4 is 5.32 Å². The first kappa shape index (κ1) is 14.8. The molecular weight excluding hydrogens is 305 g/mol. The Morgan fingerprint density at radius 2 is 2.05 bits per heavy atom. The molecule has 0 bridgehead atoms. The van der Waals surface area contributed by atoms with E-state index < -0.39 is 0 Å². The SMILES string of the molecule is Clc1cnccc1CN1CCNCC1c1ccccc1Cl. The van der Waals surface area contributed by atoms with Gasteiger partial charge in [-0.05, 0) is 23.3 Å². The standard InChI is InChI=1S/C16H17Cl2N3/c17-14-4-2-1-3-13(14)16-10-20-7-8-21(16)11-12-5-6-19-9-15(12)18/h1-6,9,16,20H,7-8,10-11H2. The Bertz CT molecular complexity index is 618. The average Bonchev–Trinajstić information content (AvgIpc) is 2.51. The fourth-order valence-corrected chi connectivity index (χ4v) is 3.18. The summed E-state index contributed by atoms with van der Waals surface area (Å²) in [6, 6.07) is 10.3. The van der Waals surface area contributed by atoms with Crippen molar-refractivity contribution in [2.24, 2.45) is 0 Å². The third-order valence-corrected chi connectivity index (χ3v) is 4.53. The Labute approximate surface area is 134 Å². The van der Waals surface area contributed by atoms with Gasteiger partial charge in [0.25, 0.3) is 0 Å². The minimum absolute atomic E-state index is 0.261. The summed E-state index contributed by atoms with van der Waals surface area (Å²) in [6.45, 7) is 3.64. The van der Waals surface area contributed by atoms with Gasteiger partial charge in [-0.2, -0.15) is 0 Å². The smallest absolute Gasteiger partial charge is 0.0634 e. The summed E-state index contributed by atoms with van der Waals surface area (Å²) in [5.41, 5.74) is 2.27. The van der Waals surface area contributed by atoms with Gasteiger partial charge in [-0.25, -0.2) is 0 Å². The fourth-order valence-electron chi connectivity index (χ4n) is 2.74. The number of benzene rings is 1. The molecule has 1 atom stereocenters. The Hall–Kier alpha value is -1.13. The molecule has 0 spiro atoms. The number of pyridine rings is 1. The summed E-state index contributed by atoms with van der Waals surface area (Å²) in [4.78, 5) is 6.46. The number of hydrogen-bond acceptors (Lipinski definition) is 3. The van der Waals surface area contributed by atoms with Crippen molar-refractivity contribution >= 4 is 23.2 Å². The van der Waals surface area contributed by atoms with Crippen molar-refractivity contribution in [1.29, 1.82) is 0 Å². The molecule has 5 heteroatoms. The molecule has 3 rings (SSSR count). The highest BCUT2D eigenvalue weighted by Crippen LogP contribution is 2.30. The Balaban J connectivity index is 1.85. The van der Waals surface area contributed by atoms with Crippen LogP contribution in [0.3, 0.4) is 0 Å². The topological polar surface area (TPSA) is 28.2 Å². The number of aromatic nitrogens is 1. The normalized spacial score (nSPS) is 19.6. The van der Waals surface area contributed by atoms with Gasteiger partial charge in [0.15, 0.2) is 0 Å². The van der Waals surface area contributed by atoms with Crippen molar-refractivity contribution in [3.05, 3.63) is 63.9 Å². The Morgan fingerprint density at radius 3 is 2.86 bits per heavy atom. The largest absolute Gasteiger partial charge is 0.314 e. The molecule has 1 aliphatic heterocycles. The van der Waals surface area contributed by atoms with Crippen LogP contribution in [0, 0.1) is 0 Å². The zero-order valence-corrected chi connectivity index (χ0v) is 13.1. The van der Waals surface area contributed by atoms with Crippen LogP contribution in [0.2, 0.25) is 10.0 Å². The predicted octanol–water partition coefficient (Wildman–Crippen LogP) is 3.53. The lowest BCUT2D eigenvalue weighted by atomic mass is 10.0. The van der Waals surface area contributed by atoms with Crippen LogP contribution in [0.4, 0.5) is 0 Å². The predicted molar refractivity (Wildman–Crippen MR) is 86.7 cm³/mol. The summed E-state index contributed by atoms with van der Waals surface area (Å²) in [7, 11) is 0. The third kappa shape index (κ3) is 3.38. The summed E-state index contributed by atoms with van der Waals surface area (Å²) < 4.78 is 0. The van der Waals surface area contributed by atoms with Crippen molar-refractivity contribution in [3.8, 4) is 0 Å². The first-order chi connectivity index (χ1) is 10.3. The van der Waals surface area contributed by atoms with E-state index in [0.717, 1.165) is 42.3 Å². The second-order valence-corrected chi connectivity index (χ2v) is 5.99. The lowest BCUT2D eigenvalue weighted by molar-refractivity contribution is 0.154. The molecule has 1 N–H and O–H groups in total. The molecule has 1 aromatic carbocycles. The minimum Gasteiger partial charge on any atom is -0.314 e. The maximum atomic E-state index is 6.37. The molecule has 21 heavy (non-hydrogen) atoms. The van der Waals surface area contributed by atoms with Gasteiger partial charge >= 0.3 is 0 Å². The molecule has 2 heterocycles. The molecular formula is C16H17Cl2N3. The molecule has 1 aliphatic rings. The van der Waals surface area contributed by atoms with Crippen molar-refractivity contribution in [2.45, 2.75) is 12.6 Å². The van der Waals surface area contributed by atoms with Crippen LogP contribution >= 0.6 is 23.2 Å². The van der Waals surface area contributed by atoms with E-state index in [2.05, 4.69) is 21.3 Å². The van der Waals surface area contributed by atoms with E-state index in [1.165, 1.54) is 0 Å². The number of halogens is 2. The van der Waals surface area contributed by atoms with E-state index in [1.807, 2.05) is 24.3 Å². The van der Waals surface area contributed by atoms with E-state index in [4.69, 9.17) is 23.2 Å². The van der Waals surface area contributed by atoms with Gasteiger partial charge < -0.3 is 5.32 Å². The number of piperazine rings is 1. The molecule has 0 amide bonds. The monoisotopic (exact) mass is 321 g/mol.